The summed E-state index contributed by atoms with van der Waals surface area (Å²) in [6.45, 7) is 2.72. The number of nitrogens with two attached hydrogens (primary N) is 1. The maximum absolute atomic E-state index is 13.0. The van der Waals surface area contributed by atoms with E-state index in [1.54, 1.807) is 4.90 Å². The summed E-state index contributed by atoms with van der Waals surface area (Å²) >= 11 is 0. The Labute approximate surface area is 152 Å². The Morgan fingerprint density at radius 1 is 1.15 bits per heavy atom. The molecule has 8 heteroatoms. The van der Waals surface area contributed by atoms with E-state index >= 15 is 0 Å². The molecule has 142 valence electrons. The van der Waals surface area contributed by atoms with Crippen molar-refractivity contribution in [3.8, 4) is 0 Å². The lowest BCUT2D eigenvalue weighted by molar-refractivity contribution is -0.135. The molecule has 0 saturated carbocycles. The summed E-state index contributed by atoms with van der Waals surface area (Å²) in [6.07, 6.45) is 0.878. The van der Waals surface area contributed by atoms with Crippen LogP contribution >= 0.6 is 0 Å². The fourth-order valence-corrected chi connectivity index (χ4v) is 2.83. The van der Waals surface area contributed by atoms with Gasteiger partial charge in [-0.25, -0.2) is 4.39 Å². The van der Waals surface area contributed by atoms with E-state index in [9.17, 15) is 18.8 Å². The number of nitrogens with zero attached hydrogens (tertiary/aromatic N) is 2. The van der Waals surface area contributed by atoms with Gasteiger partial charge in [0.15, 0.2) is 0 Å². The molecule has 3 N–H and O–H groups in total. The number of primary amides is 1. The summed E-state index contributed by atoms with van der Waals surface area (Å²) in [7, 11) is 1.99. The molecular weight excluding hydrogens is 339 g/mol. The molecule has 1 aromatic rings. The zero-order chi connectivity index (χ0) is 19.1. The molecule has 2 rings (SSSR count). The van der Waals surface area contributed by atoms with Crippen LogP contribution in [0.15, 0.2) is 24.3 Å². The smallest absolute Gasteiger partial charge is 0.251 e. The quantitative estimate of drug-likeness (QED) is 0.730. The topological polar surface area (TPSA) is 95.7 Å². The maximum Gasteiger partial charge on any atom is 0.251 e. The van der Waals surface area contributed by atoms with Gasteiger partial charge in [-0.15, -0.1) is 0 Å². The zero-order valence-electron chi connectivity index (χ0n) is 14.9. The van der Waals surface area contributed by atoms with Crippen LogP contribution in [0.5, 0.6) is 0 Å². The lowest BCUT2D eigenvalue weighted by Crippen LogP contribution is -2.54. The highest BCUT2D eigenvalue weighted by Crippen LogP contribution is 2.10. The first kappa shape index (κ1) is 19.8. The second-order valence-corrected chi connectivity index (χ2v) is 6.52. The number of benzene rings is 1. The van der Waals surface area contributed by atoms with E-state index in [0.29, 0.717) is 25.9 Å². The molecule has 1 atom stereocenters. The minimum Gasteiger partial charge on any atom is -0.370 e. The first-order valence-electron chi connectivity index (χ1n) is 8.69. The number of halogens is 1. The van der Waals surface area contributed by atoms with Gasteiger partial charge in [0.2, 0.25) is 11.8 Å². The normalized spacial score (nSPS) is 16.2. The highest BCUT2D eigenvalue weighted by Gasteiger charge is 2.28. The highest BCUT2D eigenvalue weighted by molar-refractivity contribution is 5.97. The molecule has 0 spiro atoms. The molecule has 1 aliphatic rings. The predicted octanol–water partition coefficient (Wildman–Crippen LogP) is 0.354. The van der Waals surface area contributed by atoms with Crippen LogP contribution in [0.3, 0.4) is 0 Å². The van der Waals surface area contributed by atoms with Gasteiger partial charge in [0.05, 0.1) is 0 Å². The van der Waals surface area contributed by atoms with Crippen LogP contribution in [0, 0.1) is 5.82 Å². The maximum atomic E-state index is 13.0. The third kappa shape index (κ3) is 5.80. The van der Waals surface area contributed by atoms with E-state index in [2.05, 4.69) is 10.2 Å². The molecule has 1 aliphatic heterocycles. The second kappa shape index (κ2) is 9.28. The van der Waals surface area contributed by atoms with Crippen LogP contribution < -0.4 is 11.1 Å². The Kier molecular flexibility index (Phi) is 7.08. The number of carbonyl (C=O) groups is 3. The SMILES string of the molecule is CN1CCN(C(=O)[C@H](CCCC(N)=O)NC(=O)c2ccc(F)cc2)CC1. The van der Waals surface area contributed by atoms with E-state index in [4.69, 9.17) is 5.73 Å². The number of rotatable bonds is 7. The molecule has 0 aliphatic carbocycles. The van der Waals surface area contributed by atoms with E-state index in [1.165, 1.54) is 24.3 Å². The van der Waals surface area contributed by atoms with Gasteiger partial charge < -0.3 is 20.9 Å². The first-order valence-corrected chi connectivity index (χ1v) is 8.69. The first-order chi connectivity index (χ1) is 12.4. The number of nitrogens with one attached hydrogen (secondary N) is 1. The number of likely N-dealkylation sites (N-methyl/N-ethyl adjacent to an activating group) is 1. The van der Waals surface area contributed by atoms with E-state index in [1.807, 2.05) is 7.05 Å². The van der Waals surface area contributed by atoms with Gasteiger partial charge >= 0.3 is 0 Å². The lowest BCUT2D eigenvalue weighted by atomic mass is 10.1. The molecule has 0 bridgehead atoms. The fraction of sp³-hybridized carbons (Fsp3) is 0.500. The summed E-state index contributed by atoms with van der Waals surface area (Å²) in [4.78, 5) is 40.0. The van der Waals surface area contributed by atoms with Crippen LogP contribution in [-0.2, 0) is 9.59 Å². The molecule has 7 nitrogen and oxygen atoms in total. The molecule has 26 heavy (non-hydrogen) atoms. The van der Waals surface area contributed by atoms with Gasteiger partial charge in [-0.3, -0.25) is 14.4 Å². The molecule has 0 radical (unpaired) electrons. The van der Waals surface area contributed by atoms with Crippen molar-refractivity contribution in [2.45, 2.75) is 25.3 Å². The molecule has 0 unspecified atom stereocenters. The largest absolute Gasteiger partial charge is 0.370 e. The van der Waals surface area contributed by atoms with Gasteiger partial charge in [-0.05, 0) is 44.2 Å². The van der Waals surface area contributed by atoms with Crippen molar-refractivity contribution in [3.63, 3.8) is 0 Å². The van der Waals surface area contributed by atoms with Crippen molar-refractivity contribution in [1.29, 1.82) is 0 Å². The van der Waals surface area contributed by atoms with E-state index in [-0.39, 0.29) is 17.9 Å². The third-order valence-corrected chi connectivity index (χ3v) is 4.44. The van der Waals surface area contributed by atoms with Gasteiger partial charge in [-0.2, -0.15) is 0 Å². The number of piperazine rings is 1. The minimum absolute atomic E-state index is 0.152. The Morgan fingerprint density at radius 2 is 1.77 bits per heavy atom. The summed E-state index contributed by atoms with van der Waals surface area (Å²) < 4.78 is 13.0. The molecule has 3 amide bonds. The van der Waals surface area contributed by atoms with Gasteiger partial charge in [0, 0.05) is 38.2 Å². The average molecular weight is 364 g/mol. The van der Waals surface area contributed by atoms with Crippen LogP contribution in [0.4, 0.5) is 4.39 Å². The summed E-state index contributed by atoms with van der Waals surface area (Å²) in [5.41, 5.74) is 5.43. The van der Waals surface area contributed by atoms with Crippen molar-refractivity contribution >= 4 is 17.7 Å². The van der Waals surface area contributed by atoms with E-state index in [0.717, 1.165) is 13.1 Å². The summed E-state index contributed by atoms with van der Waals surface area (Å²) in [6, 6.07) is 4.38. The Bertz CT molecular complexity index is 642. The Hall–Kier alpha value is -2.48. The highest BCUT2D eigenvalue weighted by atomic mass is 19.1. The fourth-order valence-electron chi connectivity index (χ4n) is 2.83. The Balaban J connectivity index is 2.04. The van der Waals surface area contributed by atoms with Gasteiger partial charge in [0.25, 0.3) is 5.91 Å². The monoisotopic (exact) mass is 364 g/mol. The van der Waals surface area contributed by atoms with Crippen molar-refractivity contribution in [2.75, 3.05) is 33.2 Å². The van der Waals surface area contributed by atoms with Crippen LogP contribution in [-0.4, -0.2) is 66.8 Å². The number of carbonyl (C=O) groups excluding carboxylic acids is 3. The molecule has 0 aromatic heterocycles. The van der Waals surface area contributed by atoms with Gasteiger partial charge in [-0.1, -0.05) is 0 Å². The third-order valence-electron chi connectivity index (χ3n) is 4.44. The predicted molar refractivity (Wildman–Crippen MR) is 94.8 cm³/mol. The number of hydrogen-bond acceptors (Lipinski definition) is 4. The molecule has 1 heterocycles. The van der Waals surface area contributed by atoms with Crippen molar-refractivity contribution < 1.29 is 18.8 Å². The second-order valence-electron chi connectivity index (χ2n) is 6.52. The lowest BCUT2D eigenvalue weighted by Gasteiger charge is -2.34. The molecular formula is C18H25FN4O3. The van der Waals surface area contributed by atoms with Crippen molar-refractivity contribution in [3.05, 3.63) is 35.6 Å². The average Bonchev–Trinajstić information content (AvgIpc) is 2.61. The molecule has 1 aromatic carbocycles. The Morgan fingerprint density at radius 3 is 2.35 bits per heavy atom. The van der Waals surface area contributed by atoms with Crippen molar-refractivity contribution in [1.82, 2.24) is 15.1 Å². The van der Waals surface area contributed by atoms with Crippen molar-refractivity contribution in [2.24, 2.45) is 5.73 Å². The zero-order valence-corrected chi connectivity index (χ0v) is 14.9. The van der Waals surface area contributed by atoms with Crippen LogP contribution in [0.1, 0.15) is 29.6 Å². The minimum atomic E-state index is -0.740. The molecule has 1 saturated heterocycles. The summed E-state index contributed by atoms with van der Waals surface area (Å²) in [5, 5.41) is 2.72. The van der Waals surface area contributed by atoms with Crippen LogP contribution in [0.25, 0.3) is 0 Å². The summed E-state index contributed by atoms with van der Waals surface area (Å²) in [5.74, 6) is -1.50. The van der Waals surface area contributed by atoms with Gasteiger partial charge in [0.1, 0.15) is 11.9 Å². The number of amides is 3. The molecule has 1 fully saturated rings. The number of hydrogen-bond donors (Lipinski definition) is 2. The standard InChI is InChI=1S/C18H25FN4O3/c1-22-9-11-23(12-10-22)18(26)15(3-2-4-16(20)24)21-17(25)13-5-7-14(19)8-6-13/h5-8,15H,2-4,9-12H2,1H3,(H2,20,24)(H,21,25)/t15-/m0/s1. The van der Waals surface area contributed by atoms with Crippen LogP contribution in [0.2, 0.25) is 0 Å². The van der Waals surface area contributed by atoms with E-state index < -0.39 is 23.7 Å².